The molecule has 0 radical (unpaired) electrons. The highest BCUT2D eigenvalue weighted by atomic mass is 35.5. The largest absolute Gasteiger partial charge is 0.491 e. The van der Waals surface area contributed by atoms with E-state index in [2.05, 4.69) is 4.98 Å². The van der Waals surface area contributed by atoms with Crippen LogP contribution in [0.15, 0.2) is 42.7 Å². The Morgan fingerprint density at radius 1 is 1.22 bits per heavy atom. The van der Waals surface area contributed by atoms with Gasteiger partial charge in [-0.25, -0.2) is 4.98 Å². The summed E-state index contributed by atoms with van der Waals surface area (Å²) in [5, 5.41) is 11.0. The number of rotatable bonds is 5. The van der Waals surface area contributed by atoms with Crippen LogP contribution in [0.4, 0.5) is 0 Å². The van der Waals surface area contributed by atoms with Crippen LogP contribution in [0.1, 0.15) is 11.1 Å². The van der Waals surface area contributed by atoms with E-state index in [1.54, 1.807) is 6.33 Å². The van der Waals surface area contributed by atoms with Gasteiger partial charge in [-0.3, -0.25) is 0 Å². The molecule has 0 saturated heterocycles. The highest BCUT2D eigenvalue weighted by molar-refractivity contribution is 6.32. The van der Waals surface area contributed by atoms with Crippen molar-refractivity contribution >= 4 is 22.6 Å². The number of ether oxygens (including phenoxy) is 1. The zero-order chi connectivity index (χ0) is 16.4. The molecule has 0 bridgehead atoms. The van der Waals surface area contributed by atoms with Crippen LogP contribution >= 0.6 is 11.6 Å². The Labute approximate surface area is 140 Å². The number of imidazole rings is 1. The van der Waals surface area contributed by atoms with E-state index in [4.69, 9.17) is 16.3 Å². The minimum Gasteiger partial charge on any atom is -0.491 e. The van der Waals surface area contributed by atoms with Crippen molar-refractivity contribution in [1.29, 1.82) is 0 Å². The molecule has 3 rings (SSSR count). The molecular formula is C18H19ClN2O2. The van der Waals surface area contributed by atoms with Crippen molar-refractivity contribution in [3.05, 3.63) is 58.9 Å². The van der Waals surface area contributed by atoms with Gasteiger partial charge in [0.25, 0.3) is 0 Å². The summed E-state index contributed by atoms with van der Waals surface area (Å²) in [4.78, 5) is 4.32. The van der Waals surface area contributed by atoms with Crippen molar-refractivity contribution in [3.63, 3.8) is 0 Å². The van der Waals surface area contributed by atoms with Crippen molar-refractivity contribution in [2.75, 3.05) is 6.61 Å². The minimum atomic E-state index is -0.621. The number of fused-ring (bicyclic) bond motifs is 1. The number of aromatic nitrogens is 2. The maximum atomic E-state index is 10.2. The lowest BCUT2D eigenvalue weighted by molar-refractivity contribution is 0.0934. The molecule has 0 spiro atoms. The van der Waals surface area contributed by atoms with Gasteiger partial charge >= 0.3 is 0 Å². The lowest BCUT2D eigenvalue weighted by atomic mass is 10.1. The van der Waals surface area contributed by atoms with Crippen molar-refractivity contribution in [1.82, 2.24) is 9.55 Å². The summed E-state index contributed by atoms with van der Waals surface area (Å²) >= 11 is 6.15. The van der Waals surface area contributed by atoms with Crippen molar-refractivity contribution < 1.29 is 9.84 Å². The first-order valence-corrected chi connectivity index (χ1v) is 7.90. The quantitative estimate of drug-likeness (QED) is 0.775. The first-order valence-electron chi connectivity index (χ1n) is 7.52. The molecule has 1 N–H and O–H groups in total. The molecule has 3 aromatic rings. The first kappa shape index (κ1) is 15.8. The topological polar surface area (TPSA) is 47.3 Å². The summed E-state index contributed by atoms with van der Waals surface area (Å²) in [6.07, 6.45) is 1.12. The van der Waals surface area contributed by atoms with Crippen LogP contribution in [0.5, 0.6) is 5.75 Å². The van der Waals surface area contributed by atoms with E-state index in [1.807, 2.05) is 54.8 Å². The molecule has 1 heterocycles. The average molecular weight is 331 g/mol. The zero-order valence-electron chi connectivity index (χ0n) is 13.2. The van der Waals surface area contributed by atoms with E-state index in [9.17, 15) is 5.11 Å². The predicted octanol–water partition coefficient (Wildman–Crippen LogP) is 3.75. The van der Waals surface area contributed by atoms with Crippen LogP contribution in [-0.4, -0.2) is 27.4 Å². The maximum absolute atomic E-state index is 10.2. The first-order chi connectivity index (χ1) is 11.0. The Morgan fingerprint density at radius 3 is 2.65 bits per heavy atom. The molecule has 4 nitrogen and oxygen atoms in total. The fraction of sp³-hybridized carbons (Fsp3) is 0.278. The predicted molar refractivity (Wildman–Crippen MR) is 92.2 cm³/mol. The molecule has 0 unspecified atom stereocenters. The molecule has 2 aromatic carbocycles. The second-order valence-electron chi connectivity index (χ2n) is 5.72. The Hall–Kier alpha value is -2.04. The highest BCUT2D eigenvalue weighted by Gasteiger charge is 2.10. The Balaban J connectivity index is 1.65. The molecule has 0 saturated carbocycles. The summed E-state index contributed by atoms with van der Waals surface area (Å²) in [5.41, 5.74) is 3.86. The third-order valence-electron chi connectivity index (χ3n) is 3.79. The minimum absolute atomic E-state index is 0.215. The average Bonchev–Trinajstić information content (AvgIpc) is 2.94. The van der Waals surface area contributed by atoms with Gasteiger partial charge < -0.3 is 14.4 Å². The summed E-state index contributed by atoms with van der Waals surface area (Å²) in [7, 11) is 0. The molecule has 120 valence electrons. The van der Waals surface area contributed by atoms with Gasteiger partial charge in [-0.2, -0.15) is 0 Å². The van der Waals surface area contributed by atoms with Crippen LogP contribution < -0.4 is 4.74 Å². The molecular weight excluding hydrogens is 312 g/mol. The molecule has 0 aliphatic carbocycles. The molecule has 0 aliphatic heterocycles. The van der Waals surface area contributed by atoms with Gasteiger partial charge in [0.2, 0.25) is 0 Å². The van der Waals surface area contributed by atoms with E-state index in [0.717, 1.165) is 32.9 Å². The third-order valence-corrected chi connectivity index (χ3v) is 4.38. The van der Waals surface area contributed by atoms with Gasteiger partial charge in [0.05, 0.1) is 23.9 Å². The van der Waals surface area contributed by atoms with Crippen LogP contribution in [0.3, 0.4) is 0 Å². The Morgan fingerprint density at radius 2 is 1.91 bits per heavy atom. The summed E-state index contributed by atoms with van der Waals surface area (Å²) in [5.74, 6) is 0.721. The normalized spacial score (nSPS) is 12.5. The van der Waals surface area contributed by atoms with Crippen LogP contribution in [-0.2, 0) is 6.54 Å². The standard InChI is InChI=1S/C18H19ClN2O2/c1-12-7-15(8-13(2)18(12)19)23-10-14(22)9-21-11-20-16-5-3-4-6-17(16)21/h3-8,11,14,22H,9-10H2,1-2H3/t14-/m1/s1. The smallest absolute Gasteiger partial charge is 0.120 e. The third kappa shape index (κ3) is 3.49. The Bertz CT molecular complexity index is 806. The van der Waals surface area contributed by atoms with Crippen LogP contribution in [0.25, 0.3) is 11.0 Å². The maximum Gasteiger partial charge on any atom is 0.120 e. The fourth-order valence-corrected chi connectivity index (χ4v) is 2.73. The van der Waals surface area contributed by atoms with Gasteiger partial charge in [-0.05, 0) is 49.2 Å². The van der Waals surface area contributed by atoms with E-state index < -0.39 is 6.10 Å². The summed E-state index contributed by atoms with van der Waals surface area (Å²) in [6, 6.07) is 11.6. The fourth-order valence-electron chi connectivity index (χ4n) is 2.62. The van der Waals surface area contributed by atoms with E-state index >= 15 is 0 Å². The molecule has 5 heteroatoms. The molecule has 1 atom stereocenters. The van der Waals surface area contributed by atoms with Crippen LogP contribution in [0, 0.1) is 13.8 Å². The number of hydrogen-bond acceptors (Lipinski definition) is 3. The SMILES string of the molecule is Cc1cc(OC[C@H](O)Cn2cnc3ccccc32)cc(C)c1Cl. The number of aliphatic hydroxyl groups excluding tert-OH is 1. The summed E-state index contributed by atoms with van der Waals surface area (Å²) < 4.78 is 7.64. The number of nitrogens with zero attached hydrogens (tertiary/aromatic N) is 2. The van der Waals surface area contributed by atoms with Crippen molar-refractivity contribution in [3.8, 4) is 5.75 Å². The number of halogens is 1. The highest BCUT2D eigenvalue weighted by Crippen LogP contribution is 2.26. The van der Waals surface area contributed by atoms with Gasteiger partial charge in [0.15, 0.2) is 0 Å². The summed E-state index contributed by atoms with van der Waals surface area (Å²) in [6.45, 7) is 4.53. The molecule has 0 fully saturated rings. The lowest BCUT2D eigenvalue weighted by Gasteiger charge is -2.15. The Kier molecular flexibility index (Phi) is 4.55. The van der Waals surface area contributed by atoms with Crippen LogP contribution in [0.2, 0.25) is 5.02 Å². The lowest BCUT2D eigenvalue weighted by Crippen LogP contribution is -2.23. The van der Waals surface area contributed by atoms with Gasteiger partial charge in [0.1, 0.15) is 18.5 Å². The monoisotopic (exact) mass is 330 g/mol. The molecule has 23 heavy (non-hydrogen) atoms. The van der Waals surface area contributed by atoms with Gasteiger partial charge in [0, 0.05) is 5.02 Å². The molecule has 0 amide bonds. The number of benzene rings is 2. The van der Waals surface area contributed by atoms with Gasteiger partial charge in [-0.15, -0.1) is 0 Å². The van der Waals surface area contributed by atoms with E-state index in [1.165, 1.54) is 0 Å². The van der Waals surface area contributed by atoms with Crippen molar-refractivity contribution in [2.45, 2.75) is 26.5 Å². The molecule has 1 aromatic heterocycles. The number of hydrogen-bond donors (Lipinski definition) is 1. The van der Waals surface area contributed by atoms with E-state index in [-0.39, 0.29) is 6.61 Å². The second-order valence-corrected chi connectivity index (χ2v) is 6.10. The molecule has 0 aliphatic rings. The van der Waals surface area contributed by atoms with E-state index in [0.29, 0.717) is 6.54 Å². The second kappa shape index (κ2) is 6.60. The van der Waals surface area contributed by atoms with Gasteiger partial charge in [-0.1, -0.05) is 23.7 Å². The zero-order valence-corrected chi connectivity index (χ0v) is 13.9. The number of para-hydroxylation sites is 2. The number of aliphatic hydroxyl groups is 1. The number of aryl methyl sites for hydroxylation is 2. The van der Waals surface area contributed by atoms with Crippen molar-refractivity contribution in [2.24, 2.45) is 0 Å².